The van der Waals surface area contributed by atoms with Gasteiger partial charge in [-0.25, -0.2) is 9.78 Å². The van der Waals surface area contributed by atoms with Gasteiger partial charge in [-0.2, -0.15) is 0 Å². The third-order valence-electron chi connectivity index (χ3n) is 2.02. The molecule has 0 unspecified atom stereocenters. The summed E-state index contributed by atoms with van der Waals surface area (Å²) < 4.78 is 1.46. The Hall–Kier alpha value is -1.32. The summed E-state index contributed by atoms with van der Waals surface area (Å²) in [6.07, 6.45) is 4.74. The van der Waals surface area contributed by atoms with E-state index in [1.54, 1.807) is 24.3 Å². The van der Waals surface area contributed by atoms with Crippen molar-refractivity contribution < 1.29 is 4.79 Å². The summed E-state index contributed by atoms with van der Waals surface area (Å²) in [6.45, 7) is 5.96. The van der Waals surface area contributed by atoms with Crippen LogP contribution in [0.15, 0.2) is 18.7 Å². The van der Waals surface area contributed by atoms with Gasteiger partial charge in [-0.05, 0) is 20.8 Å². The Kier molecular flexibility index (Phi) is 2.40. The molecule has 0 spiro atoms. The highest BCUT2D eigenvalue weighted by atomic mass is 16.2. The third-order valence-corrected chi connectivity index (χ3v) is 2.02. The van der Waals surface area contributed by atoms with Gasteiger partial charge in [-0.1, -0.05) is 0 Å². The van der Waals surface area contributed by atoms with Crippen molar-refractivity contribution in [1.29, 1.82) is 0 Å². The fourth-order valence-electron chi connectivity index (χ4n) is 0.832. The number of imidazole rings is 1. The van der Waals surface area contributed by atoms with E-state index in [4.69, 9.17) is 0 Å². The first-order valence-corrected chi connectivity index (χ1v) is 4.19. The Bertz CT molecular complexity index is 284. The van der Waals surface area contributed by atoms with E-state index in [-0.39, 0.29) is 11.6 Å². The zero-order chi connectivity index (χ0) is 10.1. The topological polar surface area (TPSA) is 38.1 Å². The normalized spacial score (nSPS) is 11.4. The lowest BCUT2D eigenvalue weighted by Crippen LogP contribution is -2.44. The van der Waals surface area contributed by atoms with E-state index in [9.17, 15) is 4.79 Å². The van der Waals surface area contributed by atoms with Gasteiger partial charge < -0.3 is 4.90 Å². The predicted octanol–water partition coefficient (Wildman–Crippen LogP) is 1.58. The van der Waals surface area contributed by atoms with Gasteiger partial charge in [0.2, 0.25) is 0 Å². The second kappa shape index (κ2) is 3.20. The van der Waals surface area contributed by atoms with E-state index in [1.165, 1.54) is 10.9 Å². The number of carbonyl (C=O) groups excluding carboxylic acids is 1. The van der Waals surface area contributed by atoms with Crippen LogP contribution in [-0.2, 0) is 0 Å². The predicted molar refractivity (Wildman–Crippen MR) is 50.5 cm³/mol. The minimum absolute atomic E-state index is 0.0648. The molecule has 1 aromatic heterocycles. The Morgan fingerprint density at radius 2 is 2.08 bits per heavy atom. The molecule has 72 valence electrons. The van der Waals surface area contributed by atoms with Crippen LogP contribution >= 0.6 is 0 Å². The molecule has 0 aliphatic rings. The standard InChI is InChI=1S/C9H15N3O/c1-9(2,3)11(4)8(13)12-6-5-10-7-12/h5-7H,1-4H3. The van der Waals surface area contributed by atoms with Crippen LogP contribution in [0.2, 0.25) is 0 Å². The number of carbonyl (C=O) groups is 1. The molecule has 4 nitrogen and oxygen atoms in total. The quantitative estimate of drug-likeness (QED) is 0.609. The van der Waals surface area contributed by atoms with E-state index >= 15 is 0 Å². The molecule has 0 saturated carbocycles. The molecule has 1 rings (SSSR count). The van der Waals surface area contributed by atoms with Crippen LogP contribution in [0.1, 0.15) is 20.8 Å². The fourth-order valence-corrected chi connectivity index (χ4v) is 0.832. The van der Waals surface area contributed by atoms with Crippen molar-refractivity contribution in [2.24, 2.45) is 0 Å². The van der Waals surface area contributed by atoms with Crippen LogP contribution in [0.4, 0.5) is 4.79 Å². The molecule has 0 aliphatic heterocycles. The van der Waals surface area contributed by atoms with Crippen molar-refractivity contribution in [1.82, 2.24) is 14.5 Å². The second-order valence-corrected chi connectivity index (χ2v) is 3.98. The summed E-state index contributed by atoms with van der Waals surface area (Å²) >= 11 is 0. The first kappa shape index (κ1) is 9.77. The summed E-state index contributed by atoms with van der Waals surface area (Å²) in [5, 5.41) is 0. The number of nitrogens with zero attached hydrogens (tertiary/aromatic N) is 3. The van der Waals surface area contributed by atoms with Crippen LogP contribution in [0.3, 0.4) is 0 Å². The summed E-state index contributed by atoms with van der Waals surface area (Å²) in [5.74, 6) is 0. The van der Waals surface area contributed by atoms with Crippen molar-refractivity contribution in [2.45, 2.75) is 26.3 Å². The van der Waals surface area contributed by atoms with Gasteiger partial charge in [-0.3, -0.25) is 4.57 Å². The summed E-state index contributed by atoms with van der Waals surface area (Å²) in [4.78, 5) is 17.2. The Labute approximate surface area is 78.2 Å². The molecular formula is C9H15N3O. The van der Waals surface area contributed by atoms with Crippen molar-refractivity contribution >= 4 is 6.03 Å². The van der Waals surface area contributed by atoms with Gasteiger partial charge in [0.1, 0.15) is 6.33 Å². The molecule has 0 aromatic carbocycles. The van der Waals surface area contributed by atoms with Crippen molar-refractivity contribution in [3.63, 3.8) is 0 Å². The minimum Gasteiger partial charge on any atom is -0.322 e. The smallest absolute Gasteiger partial charge is 0.322 e. The van der Waals surface area contributed by atoms with Crippen LogP contribution < -0.4 is 0 Å². The van der Waals surface area contributed by atoms with Crippen LogP contribution in [0.25, 0.3) is 0 Å². The van der Waals surface area contributed by atoms with Crippen molar-refractivity contribution in [2.75, 3.05) is 7.05 Å². The van der Waals surface area contributed by atoms with Crippen LogP contribution in [0.5, 0.6) is 0 Å². The number of hydrogen-bond donors (Lipinski definition) is 0. The molecular weight excluding hydrogens is 166 g/mol. The Balaban J connectivity index is 2.81. The lowest BCUT2D eigenvalue weighted by Gasteiger charge is -2.31. The van der Waals surface area contributed by atoms with Gasteiger partial charge in [0.15, 0.2) is 0 Å². The zero-order valence-electron chi connectivity index (χ0n) is 8.48. The molecule has 13 heavy (non-hydrogen) atoms. The second-order valence-electron chi connectivity index (χ2n) is 3.98. The highest BCUT2D eigenvalue weighted by molar-refractivity contribution is 5.77. The first-order chi connectivity index (χ1) is 5.93. The molecule has 4 heteroatoms. The first-order valence-electron chi connectivity index (χ1n) is 4.19. The summed E-state index contributed by atoms with van der Waals surface area (Å²) in [6, 6.07) is -0.0648. The largest absolute Gasteiger partial charge is 0.329 e. The van der Waals surface area contributed by atoms with Gasteiger partial charge in [-0.15, -0.1) is 0 Å². The molecule has 0 aliphatic carbocycles. The average Bonchev–Trinajstić information content (AvgIpc) is 2.51. The molecule has 1 amide bonds. The lowest BCUT2D eigenvalue weighted by molar-refractivity contribution is 0.167. The van der Waals surface area contributed by atoms with Gasteiger partial charge >= 0.3 is 6.03 Å². The minimum atomic E-state index is -0.165. The van der Waals surface area contributed by atoms with Crippen LogP contribution in [-0.4, -0.2) is 33.1 Å². The highest BCUT2D eigenvalue weighted by Gasteiger charge is 2.22. The van der Waals surface area contributed by atoms with Gasteiger partial charge in [0, 0.05) is 25.0 Å². The van der Waals surface area contributed by atoms with E-state index in [1.807, 2.05) is 20.8 Å². The Morgan fingerprint density at radius 1 is 1.46 bits per heavy atom. The zero-order valence-corrected chi connectivity index (χ0v) is 8.48. The molecule has 0 bridgehead atoms. The van der Waals surface area contributed by atoms with Crippen molar-refractivity contribution in [3.05, 3.63) is 18.7 Å². The SMILES string of the molecule is CN(C(=O)n1ccnc1)C(C)(C)C. The number of rotatable bonds is 0. The monoisotopic (exact) mass is 181 g/mol. The van der Waals surface area contributed by atoms with Crippen LogP contribution in [0, 0.1) is 0 Å². The van der Waals surface area contributed by atoms with Gasteiger partial charge in [0.25, 0.3) is 0 Å². The molecule has 0 fully saturated rings. The third kappa shape index (κ3) is 2.08. The molecule has 1 heterocycles. The van der Waals surface area contributed by atoms with Gasteiger partial charge in [0.05, 0.1) is 0 Å². The fraction of sp³-hybridized carbons (Fsp3) is 0.556. The highest BCUT2D eigenvalue weighted by Crippen LogP contribution is 2.11. The molecule has 0 atom stereocenters. The Morgan fingerprint density at radius 3 is 2.46 bits per heavy atom. The summed E-state index contributed by atoms with van der Waals surface area (Å²) in [7, 11) is 1.78. The number of hydrogen-bond acceptors (Lipinski definition) is 2. The van der Waals surface area contributed by atoms with E-state index < -0.39 is 0 Å². The lowest BCUT2D eigenvalue weighted by atomic mass is 10.1. The number of aromatic nitrogens is 2. The van der Waals surface area contributed by atoms with E-state index in [0.29, 0.717) is 0 Å². The average molecular weight is 181 g/mol. The van der Waals surface area contributed by atoms with E-state index in [0.717, 1.165) is 0 Å². The maximum absolute atomic E-state index is 11.7. The molecule has 0 N–H and O–H groups in total. The maximum atomic E-state index is 11.7. The van der Waals surface area contributed by atoms with E-state index in [2.05, 4.69) is 4.98 Å². The molecule has 1 aromatic rings. The van der Waals surface area contributed by atoms with Crippen molar-refractivity contribution in [3.8, 4) is 0 Å². The maximum Gasteiger partial charge on any atom is 0.329 e. The molecule has 0 radical (unpaired) electrons. The summed E-state index contributed by atoms with van der Waals surface area (Å²) in [5.41, 5.74) is -0.165. The molecule has 0 saturated heterocycles. The number of amides is 1.